The van der Waals surface area contributed by atoms with Crippen molar-refractivity contribution in [1.82, 2.24) is 4.90 Å². The molecule has 1 fully saturated rings. The number of para-hydroxylation sites is 1. The predicted molar refractivity (Wildman–Crippen MR) is 79.4 cm³/mol. The van der Waals surface area contributed by atoms with E-state index < -0.39 is 0 Å². The lowest BCUT2D eigenvalue weighted by Gasteiger charge is -2.27. The number of carbonyl (C=O) groups is 1. The van der Waals surface area contributed by atoms with Gasteiger partial charge in [0.25, 0.3) is 0 Å². The first-order chi connectivity index (χ1) is 9.27. The second kappa shape index (κ2) is 7.17. The average Bonchev–Trinajstić information content (AvgIpc) is 2.39. The maximum absolute atomic E-state index is 12.3. The van der Waals surface area contributed by atoms with Gasteiger partial charge in [-0.1, -0.05) is 37.5 Å². The first-order valence-corrected chi connectivity index (χ1v) is 7.31. The Balaban J connectivity index is 1.88. The highest BCUT2D eigenvalue weighted by atomic mass is 16.2. The summed E-state index contributed by atoms with van der Waals surface area (Å²) >= 11 is 0. The van der Waals surface area contributed by atoms with Crippen molar-refractivity contribution in [3.05, 3.63) is 30.3 Å². The van der Waals surface area contributed by atoms with E-state index in [2.05, 4.69) is 0 Å². The van der Waals surface area contributed by atoms with Crippen LogP contribution in [0.25, 0.3) is 0 Å². The summed E-state index contributed by atoms with van der Waals surface area (Å²) in [7, 11) is 1.98. The number of benzene rings is 1. The van der Waals surface area contributed by atoms with Gasteiger partial charge in [-0.25, -0.2) is 0 Å². The molecule has 104 valence electrons. The molecule has 0 saturated carbocycles. The number of likely N-dealkylation sites (N-methyl/N-ethyl adjacent to an activating group) is 1. The van der Waals surface area contributed by atoms with Crippen LogP contribution < -0.4 is 4.90 Å². The van der Waals surface area contributed by atoms with E-state index in [0.717, 1.165) is 31.6 Å². The van der Waals surface area contributed by atoms with Gasteiger partial charge in [-0.15, -0.1) is 0 Å². The van der Waals surface area contributed by atoms with Gasteiger partial charge in [-0.3, -0.25) is 4.79 Å². The standard InChI is InChI=1S/C16H24N2O/c1-17(15-10-6-5-7-11-15)14-16(19)18-12-8-3-2-4-9-13-18/h5-7,10-11H,2-4,8-9,12-14H2,1H3. The minimum atomic E-state index is 0.258. The van der Waals surface area contributed by atoms with Crippen molar-refractivity contribution in [2.75, 3.05) is 31.6 Å². The number of rotatable bonds is 3. The smallest absolute Gasteiger partial charge is 0.242 e. The van der Waals surface area contributed by atoms with Crippen LogP contribution in [0.4, 0.5) is 5.69 Å². The molecule has 2 rings (SSSR count). The number of likely N-dealkylation sites (tertiary alicyclic amines) is 1. The third-order valence-corrected chi connectivity index (χ3v) is 3.78. The summed E-state index contributed by atoms with van der Waals surface area (Å²) in [6.07, 6.45) is 6.16. The fourth-order valence-corrected chi connectivity index (χ4v) is 2.57. The molecule has 0 radical (unpaired) electrons. The van der Waals surface area contributed by atoms with Gasteiger partial charge < -0.3 is 9.80 Å². The van der Waals surface area contributed by atoms with E-state index in [1.165, 1.54) is 19.3 Å². The quantitative estimate of drug-likeness (QED) is 0.834. The molecule has 1 saturated heterocycles. The first-order valence-electron chi connectivity index (χ1n) is 7.31. The zero-order valence-electron chi connectivity index (χ0n) is 11.8. The second-order valence-electron chi connectivity index (χ2n) is 5.34. The molecular weight excluding hydrogens is 236 g/mol. The molecule has 19 heavy (non-hydrogen) atoms. The van der Waals surface area contributed by atoms with E-state index in [9.17, 15) is 4.79 Å². The average molecular weight is 260 g/mol. The molecule has 0 spiro atoms. The molecule has 0 bridgehead atoms. The molecule has 0 aliphatic carbocycles. The monoisotopic (exact) mass is 260 g/mol. The molecular formula is C16H24N2O. The summed E-state index contributed by atoms with van der Waals surface area (Å²) < 4.78 is 0. The fourth-order valence-electron chi connectivity index (χ4n) is 2.57. The number of carbonyl (C=O) groups excluding carboxylic acids is 1. The minimum Gasteiger partial charge on any atom is -0.365 e. The third-order valence-electron chi connectivity index (χ3n) is 3.78. The Morgan fingerprint density at radius 1 is 1.05 bits per heavy atom. The number of anilines is 1. The highest BCUT2D eigenvalue weighted by Gasteiger charge is 2.16. The van der Waals surface area contributed by atoms with E-state index >= 15 is 0 Å². The van der Waals surface area contributed by atoms with Crippen LogP contribution in [0.3, 0.4) is 0 Å². The van der Waals surface area contributed by atoms with Crippen molar-refractivity contribution in [2.24, 2.45) is 0 Å². The molecule has 1 aromatic rings. The molecule has 1 aromatic carbocycles. The summed E-state index contributed by atoms with van der Waals surface area (Å²) in [6.45, 7) is 2.34. The van der Waals surface area contributed by atoms with Crippen LogP contribution in [0.5, 0.6) is 0 Å². The highest BCUT2D eigenvalue weighted by Crippen LogP contribution is 2.13. The molecule has 1 aliphatic heterocycles. The molecule has 3 nitrogen and oxygen atoms in total. The summed E-state index contributed by atoms with van der Waals surface area (Å²) in [5, 5.41) is 0. The number of nitrogens with zero attached hydrogens (tertiary/aromatic N) is 2. The fraction of sp³-hybridized carbons (Fsp3) is 0.562. The van der Waals surface area contributed by atoms with Crippen LogP contribution in [0.1, 0.15) is 32.1 Å². The van der Waals surface area contributed by atoms with Gasteiger partial charge in [0.2, 0.25) is 5.91 Å². The number of amides is 1. The van der Waals surface area contributed by atoms with Gasteiger partial charge in [0.15, 0.2) is 0 Å². The Morgan fingerprint density at radius 3 is 2.26 bits per heavy atom. The van der Waals surface area contributed by atoms with Crippen LogP contribution in [-0.4, -0.2) is 37.5 Å². The molecule has 0 aromatic heterocycles. The summed E-state index contributed by atoms with van der Waals surface area (Å²) in [5.41, 5.74) is 1.10. The van der Waals surface area contributed by atoms with Crippen LogP contribution in [-0.2, 0) is 4.79 Å². The lowest BCUT2D eigenvalue weighted by atomic mass is 10.1. The van der Waals surface area contributed by atoms with E-state index in [1.54, 1.807) is 0 Å². The van der Waals surface area contributed by atoms with Crippen molar-refractivity contribution in [3.63, 3.8) is 0 Å². The van der Waals surface area contributed by atoms with Gasteiger partial charge in [0.05, 0.1) is 6.54 Å². The third kappa shape index (κ3) is 4.27. The van der Waals surface area contributed by atoms with Gasteiger partial charge in [0.1, 0.15) is 0 Å². The molecule has 0 atom stereocenters. The Bertz CT molecular complexity index is 383. The Kier molecular flexibility index (Phi) is 5.25. The maximum Gasteiger partial charge on any atom is 0.242 e. The van der Waals surface area contributed by atoms with Crippen LogP contribution in [0, 0.1) is 0 Å². The molecule has 1 amide bonds. The highest BCUT2D eigenvalue weighted by molar-refractivity contribution is 5.81. The summed E-state index contributed by atoms with van der Waals surface area (Å²) in [4.78, 5) is 16.4. The van der Waals surface area contributed by atoms with Gasteiger partial charge >= 0.3 is 0 Å². The van der Waals surface area contributed by atoms with Gasteiger partial charge in [-0.05, 0) is 25.0 Å². The summed E-state index contributed by atoms with van der Waals surface area (Å²) in [5.74, 6) is 0.258. The second-order valence-corrected chi connectivity index (χ2v) is 5.34. The van der Waals surface area contributed by atoms with Crippen LogP contribution in [0.15, 0.2) is 30.3 Å². The maximum atomic E-state index is 12.3. The molecule has 0 unspecified atom stereocenters. The largest absolute Gasteiger partial charge is 0.365 e. The van der Waals surface area contributed by atoms with Gasteiger partial charge in [0, 0.05) is 25.8 Å². The molecule has 0 N–H and O–H groups in total. The Labute approximate surface area is 116 Å². The summed E-state index contributed by atoms with van der Waals surface area (Å²) in [6, 6.07) is 10.1. The lowest BCUT2D eigenvalue weighted by molar-refractivity contribution is -0.130. The van der Waals surface area contributed by atoms with Crippen LogP contribution >= 0.6 is 0 Å². The normalized spacial score (nSPS) is 16.6. The zero-order valence-corrected chi connectivity index (χ0v) is 11.8. The van der Waals surface area contributed by atoms with E-state index in [1.807, 2.05) is 47.2 Å². The Morgan fingerprint density at radius 2 is 1.63 bits per heavy atom. The van der Waals surface area contributed by atoms with Gasteiger partial charge in [-0.2, -0.15) is 0 Å². The molecule has 1 aliphatic rings. The van der Waals surface area contributed by atoms with Crippen molar-refractivity contribution in [2.45, 2.75) is 32.1 Å². The van der Waals surface area contributed by atoms with E-state index in [0.29, 0.717) is 6.54 Å². The number of hydrogen-bond acceptors (Lipinski definition) is 2. The zero-order chi connectivity index (χ0) is 13.5. The molecule has 1 heterocycles. The van der Waals surface area contributed by atoms with E-state index in [4.69, 9.17) is 0 Å². The first kappa shape index (κ1) is 13.9. The lowest BCUT2D eigenvalue weighted by Crippen LogP contribution is -2.40. The topological polar surface area (TPSA) is 23.6 Å². The number of hydrogen-bond donors (Lipinski definition) is 0. The van der Waals surface area contributed by atoms with Crippen molar-refractivity contribution in [3.8, 4) is 0 Å². The van der Waals surface area contributed by atoms with Crippen molar-refractivity contribution < 1.29 is 4.79 Å². The van der Waals surface area contributed by atoms with E-state index in [-0.39, 0.29) is 5.91 Å². The SMILES string of the molecule is CN(CC(=O)N1CCCCCCC1)c1ccccc1. The minimum absolute atomic E-state index is 0.258. The molecule has 3 heteroatoms. The Hall–Kier alpha value is -1.51. The van der Waals surface area contributed by atoms with Crippen LogP contribution in [0.2, 0.25) is 0 Å². The predicted octanol–water partition coefficient (Wildman–Crippen LogP) is 2.92. The van der Waals surface area contributed by atoms with Crippen molar-refractivity contribution >= 4 is 11.6 Å². The van der Waals surface area contributed by atoms with Crippen molar-refractivity contribution in [1.29, 1.82) is 0 Å².